The van der Waals surface area contributed by atoms with E-state index in [2.05, 4.69) is 15.9 Å². The second-order valence-corrected chi connectivity index (χ2v) is 5.18. The minimum atomic E-state index is -0.188. The zero-order chi connectivity index (χ0) is 14.0. The Balaban J connectivity index is 2.47. The van der Waals surface area contributed by atoms with Crippen molar-refractivity contribution in [1.82, 2.24) is 0 Å². The molecule has 0 radical (unpaired) electrons. The molecular weight excluding hydrogens is 330 g/mol. The molecule has 98 valence electrons. The van der Waals surface area contributed by atoms with E-state index in [0.717, 1.165) is 0 Å². The van der Waals surface area contributed by atoms with Crippen LogP contribution >= 0.6 is 27.5 Å². The molecule has 0 spiro atoms. The normalized spacial score (nSPS) is 10.3. The first-order valence-corrected chi connectivity index (χ1v) is 6.63. The van der Waals surface area contributed by atoms with Crippen LogP contribution < -0.4 is 10.5 Å². The standard InChI is InChI=1S/C14H11BrClNO2/c1-19-9-3-4-10(13(16)7-9)14(18)11-6-8(17)2-5-12(11)15/h2-7H,17H2,1H3. The van der Waals surface area contributed by atoms with E-state index < -0.39 is 0 Å². The Kier molecular flexibility index (Phi) is 4.12. The average molecular weight is 341 g/mol. The van der Waals surface area contributed by atoms with Gasteiger partial charge in [0.05, 0.1) is 12.1 Å². The van der Waals surface area contributed by atoms with Gasteiger partial charge < -0.3 is 10.5 Å². The van der Waals surface area contributed by atoms with Gasteiger partial charge in [-0.15, -0.1) is 0 Å². The monoisotopic (exact) mass is 339 g/mol. The number of ether oxygens (including phenoxy) is 1. The molecule has 0 heterocycles. The highest BCUT2D eigenvalue weighted by Gasteiger charge is 2.16. The van der Waals surface area contributed by atoms with E-state index in [0.29, 0.717) is 32.1 Å². The van der Waals surface area contributed by atoms with Crippen molar-refractivity contribution in [2.75, 3.05) is 12.8 Å². The molecule has 0 aliphatic heterocycles. The van der Waals surface area contributed by atoms with E-state index in [9.17, 15) is 4.79 Å². The second kappa shape index (κ2) is 5.63. The van der Waals surface area contributed by atoms with Crippen LogP contribution in [0.15, 0.2) is 40.9 Å². The molecule has 0 atom stereocenters. The summed E-state index contributed by atoms with van der Waals surface area (Å²) in [6.45, 7) is 0. The Bertz CT molecular complexity index is 643. The van der Waals surface area contributed by atoms with Crippen molar-refractivity contribution in [3.63, 3.8) is 0 Å². The van der Waals surface area contributed by atoms with Gasteiger partial charge in [0.1, 0.15) is 5.75 Å². The molecular formula is C14H11BrClNO2. The average Bonchev–Trinajstić information content (AvgIpc) is 2.40. The Labute approximate surface area is 124 Å². The van der Waals surface area contributed by atoms with Crippen LogP contribution in [0, 0.1) is 0 Å². The van der Waals surface area contributed by atoms with Gasteiger partial charge in [0.15, 0.2) is 5.78 Å². The summed E-state index contributed by atoms with van der Waals surface area (Å²) in [6.07, 6.45) is 0. The number of hydrogen-bond acceptors (Lipinski definition) is 3. The van der Waals surface area contributed by atoms with Gasteiger partial charge in [-0.3, -0.25) is 4.79 Å². The first-order valence-electron chi connectivity index (χ1n) is 5.46. The molecule has 0 aliphatic rings. The summed E-state index contributed by atoms with van der Waals surface area (Å²) in [5.74, 6) is 0.417. The number of nitrogen functional groups attached to an aromatic ring is 1. The highest BCUT2D eigenvalue weighted by molar-refractivity contribution is 9.10. The molecule has 0 bridgehead atoms. The summed E-state index contributed by atoms with van der Waals surface area (Å²) < 4.78 is 5.73. The summed E-state index contributed by atoms with van der Waals surface area (Å²) in [5.41, 5.74) is 7.11. The smallest absolute Gasteiger partial charge is 0.195 e. The fourth-order valence-electron chi connectivity index (χ4n) is 1.67. The van der Waals surface area contributed by atoms with E-state index in [1.807, 2.05) is 0 Å². The number of benzene rings is 2. The molecule has 3 nitrogen and oxygen atoms in total. The number of methoxy groups -OCH3 is 1. The number of rotatable bonds is 3. The van der Waals surface area contributed by atoms with E-state index in [4.69, 9.17) is 22.1 Å². The molecule has 2 N–H and O–H groups in total. The number of anilines is 1. The SMILES string of the molecule is COc1ccc(C(=O)c2cc(N)ccc2Br)c(Cl)c1. The van der Waals surface area contributed by atoms with Gasteiger partial charge in [-0.2, -0.15) is 0 Å². The van der Waals surface area contributed by atoms with Gasteiger partial charge in [-0.1, -0.05) is 27.5 Å². The number of carbonyl (C=O) groups is 1. The van der Waals surface area contributed by atoms with E-state index >= 15 is 0 Å². The highest BCUT2D eigenvalue weighted by Crippen LogP contribution is 2.28. The predicted octanol–water partition coefficient (Wildman–Crippen LogP) is 3.92. The molecule has 0 saturated carbocycles. The number of nitrogens with two attached hydrogens (primary N) is 1. The molecule has 19 heavy (non-hydrogen) atoms. The molecule has 0 aromatic heterocycles. The quantitative estimate of drug-likeness (QED) is 0.680. The fraction of sp³-hybridized carbons (Fsp3) is 0.0714. The van der Waals surface area contributed by atoms with Gasteiger partial charge in [0, 0.05) is 21.3 Å². The zero-order valence-corrected chi connectivity index (χ0v) is 12.5. The Morgan fingerprint density at radius 3 is 2.58 bits per heavy atom. The van der Waals surface area contributed by atoms with Crippen LogP contribution in [0.1, 0.15) is 15.9 Å². The molecule has 0 saturated heterocycles. The topological polar surface area (TPSA) is 52.3 Å². The maximum absolute atomic E-state index is 12.4. The maximum Gasteiger partial charge on any atom is 0.195 e. The van der Waals surface area contributed by atoms with Crippen LogP contribution in [0.5, 0.6) is 5.75 Å². The lowest BCUT2D eigenvalue weighted by Crippen LogP contribution is -2.04. The molecule has 0 aliphatic carbocycles. The van der Waals surface area contributed by atoms with E-state index in [1.165, 1.54) is 0 Å². The van der Waals surface area contributed by atoms with Crippen molar-refractivity contribution in [2.24, 2.45) is 0 Å². The maximum atomic E-state index is 12.4. The van der Waals surface area contributed by atoms with Crippen molar-refractivity contribution in [3.05, 3.63) is 57.0 Å². The van der Waals surface area contributed by atoms with Crippen LogP contribution in [-0.2, 0) is 0 Å². The largest absolute Gasteiger partial charge is 0.497 e. The summed E-state index contributed by atoms with van der Waals surface area (Å²) in [6, 6.07) is 10.0. The third kappa shape index (κ3) is 2.91. The minimum Gasteiger partial charge on any atom is -0.497 e. The molecule has 0 unspecified atom stereocenters. The number of hydrogen-bond donors (Lipinski definition) is 1. The lowest BCUT2D eigenvalue weighted by atomic mass is 10.0. The first kappa shape index (κ1) is 13.9. The van der Waals surface area contributed by atoms with Gasteiger partial charge in [-0.25, -0.2) is 0 Å². The fourth-order valence-corrected chi connectivity index (χ4v) is 2.35. The second-order valence-electron chi connectivity index (χ2n) is 3.91. The minimum absolute atomic E-state index is 0.188. The van der Waals surface area contributed by atoms with Crippen LogP contribution in [-0.4, -0.2) is 12.9 Å². The van der Waals surface area contributed by atoms with E-state index in [-0.39, 0.29) is 5.78 Å². The number of ketones is 1. The van der Waals surface area contributed by atoms with Crippen LogP contribution in [0.2, 0.25) is 5.02 Å². The molecule has 2 rings (SSSR count). The van der Waals surface area contributed by atoms with Crippen LogP contribution in [0.3, 0.4) is 0 Å². The highest BCUT2D eigenvalue weighted by atomic mass is 79.9. The van der Waals surface area contributed by atoms with Crippen molar-refractivity contribution in [3.8, 4) is 5.75 Å². The predicted molar refractivity (Wildman–Crippen MR) is 80.0 cm³/mol. The van der Waals surface area contributed by atoms with Crippen LogP contribution in [0.25, 0.3) is 0 Å². The van der Waals surface area contributed by atoms with Crippen molar-refractivity contribution < 1.29 is 9.53 Å². The van der Waals surface area contributed by atoms with Crippen LogP contribution in [0.4, 0.5) is 5.69 Å². The summed E-state index contributed by atoms with van der Waals surface area (Å²) >= 11 is 9.43. The first-order chi connectivity index (χ1) is 9.02. The number of carbonyl (C=O) groups excluding carboxylic acids is 1. The molecule has 2 aromatic rings. The van der Waals surface area contributed by atoms with Gasteiger partial charge in [0.25, 0.3) is 0 Å². The molecule has 5 heteroatoms. The van der Waals surface area contributed by atoms with Crippen molar-refractivity contribution in [2.45, 2.75) is 0 Å². The van der Waals surface area contributed by atoms with Gasteiger partial charge >= 0.3 is 0 Å². The Morgan fingerprint density at radius 1 is 1.21 bits per heavy atom. The zero-order valence-electron chi connectivity index (χ0n) is 10.1. The third-order valence-electron chi connectivity index (χ3n) is 2.66. The Hall–Kier alpha value is -1.52. The number of halogens is 2. The molecule has 0 fully saturated rings. The summed E-state index contributed by atoms with van der Waals surface area (Å²) in [5, 5.41) is 0.346. The van der Waals surface area contributed by atoms with Crippen molar-refractivity contribution in [1.29, 1.82) is 0 Å². The van der Waals surface area contributed by atoms with E-state index in [1.54, 1.807) is 43.5 Å². The lowest BCUT2D eigenvalue weighted by molar-refractivity contribution is 0.103. The summed E-state index contributed by atoms with van der Waals surface area (Å²) in [7, 11) is 1.54. The summed E-state index contributed by atoms with van der Waals surface area (Å²) in [4.78, 5) is 12.4. The molecule has 2 aromatic carbocycles. The Morgan fingerprint density at radius 2 is 1.95 bits per heavy atom. The third-order valence-corrected chi connectivity index (χ3v) is 3.66. The van der Waals surface area contributed by atoms with Gasteiger partial charge in [0.2, 0.25) is 0 Å². The lowest BCUT2D eigenvalue weighted by Gasteiger charge is -2.08. The molecule has 0 amide bonds. The van der Waals surface area contributed by atoms with Gasteiger partial charge in [-0.05, 0) is 36.4 Å². The van der Waals surface area contributed by atoms with Crippen molar-refractivity contribution >= 4 is 39.0 Å².